The van der Waals surface area contributed by atoms with Crippen LogP contribution in [0, 0.1) is 0 Å². The van der Waals surface area contributed by atoms with Gasteiger partial charge in [-0.15, -0.1) is 11.6 Å². The van der Waals surface area contributed by atoms with Crippen LogP contribution in [0.3, 0.4) is 0 Å². The third-order valence-electron chi connectivity index (χ3n) is 13.4. The SMILES string of the molecule is CC(C)(C)OC(=O)Nc1ccc2c(OCCN3CCOCC3)cccc2c1.CNc1ccc2c(O)cccc2c1.ClCCN1CCOCC1.Nc1ccc2c(O)cccc2c1.Nc1ccc2c(OCCN3CCOCC3)cccc2c1.[H+]. The summed E-state index contributed by atoms with van der Waals surface area (Å²) in [6.07, 6.45) is -0.459. The lowest BCUT2D eigenvalue weighted by atomic mass is 10.1. The van der Waals surface area contributed by atoms with Gasteiger partial charge in [-0.05, 0) is 139 Å². The van der Waals surface area contributed by atoms with Gasteiger partial charge in [0.1, 0.15) is 41.8 Å². The Morgan fingerprint density at radius 2 is 0.926 bits per heavy atom. The van der Waals surface area contributed by atoms with Crippen LogP contribution in [0.4, 0.5) is 27.5 Å². The quantitative estimate of drug-likeness (QED) is 0.0498. The Morgan fingerprint density at radius 1 is 0.543 bits per heavy atom. The molecule has 0 saturated carbocycles. The Labute approximate surface area is 482 Å². The summed E-state index contributed by atoms with van der Waals surface area (Å²) >= 11 is 5.55. The van der Waals surface area contributed by atoms with Crippen molar-refractivity contribution in [2.24, 2.45) is 0 Å². The van der Waals surface area contributed by atoms with Gasteiger partial charge in [0.15, 0.2) is 0 Å². The molecular weight excluding hydrogens is 1050 g/mol. The van der Waals surface area contributed by atoms with E-state index < -0.39 is 11.7 Å². The third-order valence-corrected chi connectivity index (χ3v) is 13.6. The molecule has 0 spiro atoms. The molecule has 432 valence electrons. The van der Waals surface area contributed by atoms with Crippen LogP contribution in [0.2, 0.25) is 0 Å². The molecule has 0 atom stereocenters. The van der Waals surface area contributed by atoms with Crippen molar-refractivity contribution in [2.75, 3.05) is 147 Å². The molecule has 3 aliphatic rings. The zero-order valence-electron chi connectivity index (χ0n) is 48.2. The first kappa shape index (κ1) is 61.3. The highest BCUT2D eigenvalue weighted by Gasteiger charge is 2.17. The second-order valence-electron chi connectivity index (χ2n) is 20.5. The Hall–Kier alpha value is -7.28. The summed E-state index contributed by atoms with van der Waals surface area (Å²) in [5.41, 5.74) is 14.1. The van der Waals surface area contributed by atoms with Gasteiger partial charge in [0.2, 0.25) is 0 Å². The van der Waals surface area contributed by atoms with E-state index in [1.54, 1.807) is 24.3 Å². The molecule has 0 aromatic heterocycles. The van der Waals surface area contributed by atoms with Crippen LogP contribution in [-0.4, -0.2) is 161 Å². The normalized spacial score (nSPS) is 14.9. The van der Waals surface area contributed by atoms with Crippen LogP contribution in [0.1, 0.15) is 22.2 Å². The van der Waals surface area contributed by atoms with Crippen molar-refractivity contribution in [2.45, 2.75) is 26.4 Å². The molecule has 16 nitrogen and oxygen atoms in total. The zero-order valence-corrected chi connectivity index (χ0v) is 48.0. The minimum atomic E-state index is -0.525. The molecule has 0 bridgehead atoms. The van der Waals surface area contributed by atoms with Gasteiger partial charge in [0.25, 0.3) is 0 Å². The van der Waals surface area contributed by atoms with Gasteiger partial charge in [0.05, 0.1) is 39.6 Å². The molecule has 3 saturated heterocycles. The summed E-state index contributed by atoms with van der Waals surface area (Å²) in [5.74, 6) is 3.15. The number of alkyl halides is 1. The number of carbonyl (C=O) groups excluding carboxylic acids is 1. The predicted octanol–water partition coefficient (Wildman–Crippen LogP) is 11.4. The molecule has 8 aromatic rings. The lowest BCUT2D eigenvalue weighted by Crippen LogP contribution is -2.38. The molecule has 17 heteroatoms. The molecule has 3 heterocycles. The Bertz CT molecular complexity index is 3220. The van der Waals surface area contributed by atoms with Crippen LogP contribution in [-0.2, 0) is 18.9 Å². The molecule has 0 aliphatic carbocycles. The first-order chi connectivity index (χ1) is 39.2. The van der Waals surface area contributed by atoms with E-state index in [0.29, 0.717) is 36.1 Å². The van der Waals surface area contributed by atoms with E-state index in [1.807, 2.05) is 143 Å². The number of hydrogen-bond donors (Lipinski definition) is 6. The van der Waals surface area contributed by atoms with Crippen molar-refractivity contribution in [1.29, 1.82) is 0 Å². The fraction of sp³-hybridized carbons (Fsp3) is 0.359. The van der Waals surface area contributed by atoms with Crippen LogP contribution in [0.25, 0.3) is 43.1 Å². The van der Waals surface area contributed by atoms with Gasteiger partial charge < -0.3 is 55.4 Å². The average molecular weight is 1130 g/mol. The number of halogens is 1. The fourth-order valence-electron chi connectivity index (χ4n) is 9.15. The minimum Gasteiger partial charge on any atom is -0.507 e. The smallest absolute Gasteiger partial charge is 0.507 e. The van der Waals surface area contributed by atoms with E-state index in [-0.39, 0.29) is 1.43 Å². The van der Waals surface area contributed by atoms with Crippen molar-refractivity contribution in [3.8, 4) is 23.0 Å². The van der Waals surface area contributed by atoms with Gasteiger partial charge in [-0.1, -0.05) is 48.5 Å². The highest BCUT2D eigenvalue weighted by atomic mass is 35.5. The first-order valence-electron chi connectivity index (χ1n) is 27.6. The second-order valence-corrected chi connectivity index (χ2v) is 20.9. The zero-order chi connectivity index (χ0) is 57.4. The number of phenolic OH excluding ortho intramolecular Hbond substituents is 2. The Morgan fingerprint density at radius 3 is 1.40 bits per heavy atom. The van der Waals surface area contributed by atoms with Crippen LogP contribution in [0.15, 0.2) is 146 Å². The van der Waals surface area contributed by atoms with Crippen LogP contribution in [0.5, 0.6) is 23.0 Å². The third kappa shape index (κ3) is 20.0. The molecule has 8 N–H and O–H groups in total. The number of aromatic hydroxyl groups is 2. The number of nitrogen functional groups attached to an aromatic ring is 2. The van der Waals surface area contributed by atoms with Gasteiger partial charge >= 0.3 is 7.52 Å². The molecule has 81 heavy (non-hydrogen) atoms. The Balaban J connectivity index is 0.000000173. The monoisotopic (exact) mass is 1130 g/mol. The highest BCUT2D eigenvalue weighted by Crippen LogP contribution is 2.31. The van der Waals surface area contributed by atoms with Gasteiger partial charge in [-0.25, -0.2) is 4.79 Å². The molecule has 8 aromatic carbocycles. The van der Waals surface area contributed by atoms with E-state index >= 15 is 0 Å². The lowest BCUT2D eigenvalue weighted by Gasteiger charge is -2.26. The molecule has 3 fully saturated rings. The van der Waals surface area contributed by atoms with E-state index in [4.69, 9.17) is 51.5 Å². The standard InChI is InChI=1S/C21H28N2O4.C16H20N2O2.C11H11NO.C10H9NO.C6H12ClNO/c1-21(2,3)27-20(24)22-17-7-8-18-16(15-17)5-4-6-19(18)26-14-11-23-9-12-25-13-10-23;17-14-4-5-15-13(12-14)2-1-3-16(15)20-11-8-18-6-9-19-10-7-18;1-12-9-5-6-10-8(7-9)3-2-4-11(10)13;11-8-4-5-9-7(6-8)2-1-3-10(9)12;7-1-2-8-3-5-9-6-4-8/h4-8,15H,9-14H2,1-3H3,(H,22,24);1-5,12H,6-11,17H2;2-7,12-13H,1H3;1-6,12H,11H2;1-6H2/p+1. The molecule has 0 radical (unpaired) electrons. The molecule has 1 amide bonds. The average Bonchev–Trinajstić information content (AvgIpc) is 3.55. The number of nitrogens with zero attached hydrogens (tertiary/aromatic N) is 3. The van der Waals surface area contributed by atoms with E-state index in [1.165, 1.54) is 0 Å². The number of ether oxygens (including phenoxy) is 6. The highest BCUT2D eigenvalue weighted by molar-refractivity contribution is 6.18. The molecular formula is C64H81ClN7O9+. The maximum absolute atomic E-state index is 12.0. The van der Waals surface area contributed by atoms with Gasteiger partial charge in [-0.3, -0.25) is 20.0 Å². The molecule has 0 unspecified atom stereocenters. The number of nitrogens with two attached hydrogens (primary N) is 2. The summed E-state index contributed by atoms with van der Waals surface area (Å²) in [5, 5.41) is 32.8. The van der Waals surface area contributed by atoms with Crippen molar-refractivity contribution in [3.05, 3.63) is 146 Å². The summed E-state index contributed by atoms with van der Waals surface area (Å²) in [6.45, 7) is 20.7. The summed E-state index contributed by atoms with van der Waals surface area (Å²) in [6, 6.07) is 45.9. The van der Waals surface area contributed by atoms with Crippen molar-refractivity contribution >= 4 is 83.5 Å². The van der Waals surface area contributed by atoms with Crippen LogP contribution < -0.4 is 31.6 Å². The van der Waals surface area contributed by atoms with E-state index in [9.17, 15) is 15.0 Å². The number of hydrogen-bond acceptors (Lipinski definition) is 15. The number of fused-ring (bicyclic) bond motifs is 4. The largest absolute Gasteiger partial charge is 1.00 e. The molecule has 3 aliphatic heterocycles. The minimum absolute atomic E-state index is 0. The fourth-order valence-corrected chi connectivity index (χ4v) is 9.39. The predicted molar refractivity (Wildman–Crippen MR) is 332 cm³/mol. The summed E-state index contributed by atoms with van der Waals surface area (Å²) in [4.78, 5) is 19.0. The Kier molecular flexibility index (Phi) is 24.0. The number of morpholine rings is 3. The number of benzene rings is 8. The topological polar surface area (TPSA) is 199 Å². The number of rotatable bonds is 12. The second kappa shape index (κ2) is 31.6. The number of amides is 1. The summed E-state index contributed by atoms with van der Waals surface area (Å²) in [7, 11) is 1.88. The summed E-state index contributed by atoms with van der Waals surface area (Å²) < 4.78 is 33.1. The number of anilines is 4. The van der Waals surface area contributed by atoms with Crippen molar-refractivity contribution in [3.63, 3.8) is 0 Å². The van der Waals surface area contributed by atoms with E-state index in [0.717, 1.165) is 170 Å². The van der Waals surface area contributed by atoms with Gasteiger partial charge in [0, 0.05) is 116 Å². The van der Waals surface area contributed by atoms with Crippen molar-refractivity contribution < 1.29 is 44.9 Å². The van der Waals surface area contributed by atoms with E-state index in [2.05, 4.69) is 31.4 Å². The number of nitrogens with one attached hydrogen (secondary N) is 2. The number of phenols is 2. The van der Waals surface area contributed by atoms with Crippen LogP contribution >= 0.6 is 11.6 Å². The molecule has 11 rings (SSSR count). The lowest BCUT2D eigenvalue weighted by molar-refractivity contribution is 0.0322. The maximum Gasteiger partial charge on any atom is 1.00 e. The van der Waals surface area contributed by atoms with Gasteiger partial charge in [-0.2, -0.15) is 0 Å². The maximum atomic E-state index is 12.0. The number of carbonyl (C=O) groups is 1. The van der Waals surface area contributed by atoms with Crippen molar-refractivity contribution in [1.82, 2.24) is 14.7 Å². The first-order valence-corrected chi connectivity index (χ1v) is 28.2.